The lowest BCUT2D eigenvalue weighted by atomic mass is 10.3. The van der Waals surface area contributed by atoms with E-state index >= 15 is 0 Å². The lowest BCUT2D eigenvalue weighted by Crippen LogP contribution is -2.52. The zero-order valence-corrected chi connectivity index (χ0v) is 11.2. The van der Waals surface area contributed by atoms with E-state index in [1.54, 1.807) is 0 Å². The van der Waals surface area contributed by atoms with E-state index in [0.717, 1.165) is 10.4 Å². The second-order valence-corrected chi connectivity index (χ2v) is 6.11. The zero-order chi connectivity index (χ0) is 14.8. The third-order valence-electron chi connectivity index (χ3n) is 2.98. The lowest BCUT2D eigenvalue weighted by Gasteiger charge is -2.30. The third-order valence-corrected chi connectivity index (χ3v) is 4.88. The summed E-state index contributed by atoms with van der Waals surface area (Å²) in [6, 6.07) is 5.94. The smallest absolute Gasteiger partial charge is 0.270 e. The van der Waals surface area contributed by atoms with Gasteiger partial charge in [0.25, 0.3) is 5.69 Å². The van der Waals surface area contributed by atoms with Gasteiger partial charge in [-0.3, -0.25) is 10.1 Å². The molecule has 0 aromatic heterocycles. The van der Waals surface area contributed by atoms with Gasteiger partial charge in [0.05, 0.1) is 15.9 Å². The minimum atomic E-state index is -3.91. The molecule has 1 aromatic rings. The molecule has 106 valence electrons. The first-order chi connectivity index (χ1) is 9.46. The molecule has 1 atom stereocenters. The van der Waals surface area contributed by atoms with E-state index in [1.807, 2.05) is 6.07 Å². The molecule has 0 bridgehead atoms. The minimum absolute atomic E-state index is 0.156. The molecule has 0 radical (unpaired) electrons. The van der Waals surface area contributed by atoms with E-state index in [-0.39, 0.29) is 23.7 Å². The highest BCUT2D eigenvalue weighted by atomic mass is 32.2. The van der Waals surface area contributed by atoms with Gasteiger partial charge in [-0.2, -0.15) is 9.57 Å². The van der Waals surface area contributed by atoms with Crippen molar-refractivity contribution in [2.75, 3.05) is 19.6 Å². The Balaban J connectivity index is 2.42. The fraction of sp³-hybridized carbons (Fsp3) is 0.364. The van der Waals surface area contributed by atoms with E-state index in [9.17, 15) is 18.5 Å². The lowest BCUT2D eigenvalue weighted by molar-refractivity contribution is -0.385. The summed E-state index contributed by atoms with van der Waals surface area (Å²) >= 11 is 0. The average molecular weight is 296 g/mol. The maximum absolute atomic E-state index is 12.5. The van der Waals surface area contributed by atoms with Crippen LogP contribution in [-0.4, -0.2) is 43.3 Å². The van der Waals surface area contributed by atoms with Crippen molar-refractivity contribution >= 4 is 15.7 Å². The monoisotopic (exact) mass is 296 g/mol. The fourth-order valence-electron chi connectivity index (χ4n) is 1.98. The molecule has 9 heteroatoms. The molecule has 1 heterocycles. The first-order valence-corrected chi connectivity index (χ1v) is 7.27. The van der Waals surface area contributed by atoms with Crippen LogP contribution in [-0.2, 0) is 10.0 Å². The summed E-state index contributed by atoms with van der Waals surface area (Å²) in [7, 11) is -3.91. The average Bonchev–Trinajstić information content (AvgIpc) is 2.47. The number of hydrogen-bond acceptors (Lipinski definition) is 6. The molecule has 1 N–H and O–H groups in total. The number of nitro groups is 1. The molecule has 1 unspecified atom stereocenters. The first-order valence-electron chi connectivity index (χ1n) is 5.83. The zero-order valence-electron chi connectivity index (χ0n) is 10.4. The number of nitrogens with zero attached hydrogens (tertiary/aromatic N) is 3. The Labute approximate surface area is 115 Å². The highest BCUT2D eigenvalue weighted by Crippen LogP contribution is 2.22. The number of benzene rings is 1. The van der Waals surface area contributed by atoms with E-state index in [2.05, 4.69) is 5.32 Å². The number of non-ortho nitro benzene ring substituents is 1. The van der Waals surface area contributed by atoms with Crippen LogP contribution in [0.25, 0.3) is 0 Å². The van der Waals surface area contributed by atoms with Crippen LogP contribution in [0.5, 0.6) is 0 Å². The number of piperazine rings is 1. The normalized spacial score (nSPS) is 20.2. The van der Waals surface area contributed by atoms with Crippen LogP contribution in [0.2, 0.25) is 0 Å². The van der Waals surface area contributed by atoms with Gasteiger partial charge in [0, 0.05) is 31.8 Å². The van der Waals surface area contributed by atoms with Crippen LogP contribution in [0.3, 0.4) is 0 Å². The topological polar surface area (TPSA) is 116 Å². The molecule has 20 heavy (non-hydrogen) atoms. The fourth-order valence-corrected chi connectivity index (χ4v) is 3.56. The van der Waals surface area contributed by atoms with Gasteiger partial charge < -0.3 is 5.32 Å². The van der Waals surface area contributed by atoms with Crippen molar-refractivity contribution in [3.8, 4) is 6.07 Å². The van der Waals surface area contributed by atoms with Crippen LogP contribution >= 0.6 is 0 Å². The molecule has 1 aromatic carbocycles. The Morgan fingerprint density at radius 1 is 1.50 bits per heavy atom. The van der Waals surface area contributed by atoms with E-state index in [1.165, 1.54) is 18.2 Å². The van der Waals surface area contributed by atoms with Crippen LogP contribution < -0.4 is 5.32 Å². The maximum Gasteiger partial charge on any atom is 0.270 e. The quantitative estimate of drug-likeness (QED) is 0.623. The number of rotatable bonds is 3. The maximum atomic E-state index is 12.5. The Kier molecular flexibility index (Phi) is 3.99. The van der Waals surface area contributed by atoms with Crippen molar-refractivity contribution in [2.45, 2.75) is 10.9 Å². The highest BCUT2D eigenvalue weighted by molar-refractivity contribution is 7.89. The molecule has 0 aliphatic carbocycles. The van der Waals surface area contributed by atoms with Crippen LogP contribution in [0.4, 0.5) is 5.69 Å². The van der Waals surface area contributed by atoms with E-state index in [0.29, 0.717) is 6.54 Å². The molecular formula is C11H12N4O4S. The predicted octanol–water partition coefficient (Wildman–Crippen LogP) is 0.0809. The first kappa shape index (κ1) is 14.4. The molecule has 2 rings (SSSR count). The minimum Gasteiger partial charge on any atom is -0.313 e. The molecule has 8 nitrogen and oxygen atoms in total. The largest absolute Gasteiger partial charge is 0.313 e. The van der Waals surface area contributed by atoms with Gasteiger partial charge in [-0.25, -0.2) is 8.42 Å². The standard InChI is InChI=1S/C11H12N4O4S/c12-7-10-8-13-4-5-14(10)20(18,19)11-3-1-2-9(6-11)15(16)17/h1-3,6,10,13H,4-5,8H2. The Hall–Kier alpha value is -2.02. The van der Waals surface area contributed by atoms with Crippen molar-refractivity contribution in [2.24, 2.45) is 0 Å². The summed E-state index contributed by atoms with van der Waals surface area (Å²) in [5.41, 5.74) is -0.297. The Bertz CT molecular complexity index is 667. The van der Waals surface area contributed by atoms with E-state index < -0.39 is 21.0 Å². The number of nitro benzene ring substituents is 1. The van der Waals surface area contributed by atoms with Gasteiger partial charge in [-0.1, -0.05) is 6.07 Å². The Morgan fingerprint density at radius 3 is 2.90 bits per heavy atom. The van der Waals surface area contributed by atoms with Crippen LogP contribution in [0.1, 0.15) is 0 Å². The second-order valence-electron chi connectivity index (χ2n) is 4.22. The van der Waals surface area contributed by atoms with E-state index in [4.69, 9.17) is 5.26 Å². The van der Waals surface area contributed by atoms with Gasteiger partial charge in [0.2, 0.25) is 10.0 Å². The third kappa shape index (κ3) is 2.62. The van der Waals surface area contributed by atoms with Gasteiger partial charge in [-0.15, -0.1) is 0 Å². The summed E-state index contributed by atoms with van der Waals surface area (Å²) in [4.78, 5) is 9.89. The molecule has 1 aliphatic rings. The number of nitrogens with one attached hydrogen (secondary N) is 1. The highest BCUT2D eigenvalue weighted by Gasteiger charge is 2.34. The summed E-state index contributed by atoms with van der Waals surface area (Å²) in [6.45, 7) is 0.834. The summed E-state index contributed by atoms with van der Waals surface area (Å²) in [6.07, 6.45) is 0. The molecule has 0 saturated carbocycles. The molecule has 1 aliphatic heterocycles. The molecule has 1 saturated heterocycles. The van der Waals surface area contributed by atoms with Crippen molar-refractivity contribution in [3.05, 3.63) is 34.4 Å². The van der Waals surface area contributed by atoms with Gasteiger partial charge >= 0.3 is 0 Å². The molecule has 0 spiro atoms. The number of nitriles is 1. The number of sulfonamides is 1. The van der Waals surface area contributed by atoms with Crippen molar-refractivity contribution in [1.82, 2.24) is 9.62 Å². The van der Waals surface area contributed by atoms with Crippen molar-refractivity contribution < 1.29 is 13.3 Å². The van der Waals surface area contributed by atoms with Crippen molar-refractivity contribution in [1.29, 1.82) is 5.26 Å². The molecule has 1 fully saturated rings. The van der Waals surface area contributed by atoms with Gasteiger partial charge in [-0.05, 0) is 6.07 Å². The SMILES string of the molecule is N#CC1CNCCN1S(=O)(=O)c1cccc([N+](=O)[O-])c1. The number of hydrogen-bond donors (Lipinski definition) is 1. The summed E-state index contributed by atoms with van der Waals surface area (Å²) in [5.74, 6) is 0. The summed E-state index contributed by atoms with van der Waals surface area (Å²) in [5, 5.41) is 22.7. The van der Waals surface area contributed by atoms with Gasteiger partial charge in [0.1, 0.15) is 6.04 Å². The van der Waals surface area contributed by atoms with Gasteiger partial charge in [0.15, 0.2) is 0 Å². The predicted molar refractivity (Wildman–Crippen MR) is 69.3 cm³/mol. The molecular weight excluding hydrogens is 284 g/mol. The second kappa shape index (κ2) is 5.54. The Morgan fingerprint density at radius 2 is 2.25 bits per heavy atom. The van der Waals surface area contributed by atoms with Crippen LogP contribution in [0.15, 0.2) is 29.2 Å². The van der Waals surface area contributed by atoms with Crippen LogP contribution in [0, 0.1) is 21.4 Å². The van der Waals surface area contributed by atoms with Crippen molar-refractivity contribution in [3.63, 3.8) is 0 Å². The summed E-state index contributed by atoms with van der Waals surface area (Å²) < 4.78 is 26.0. The molecule has 0 amide bonds.